The number of carbonyl (C=O) groups excluding carboxylic acids is 1. The normalized spacial score (nSPS) is 19.1. The first-order chi connectivity index (χ1) is 9.16. The molecule has 0 radical (unpaired) electrons. The standard InChI is InChI=1S/C14H19ClN2O2/c15-10-4-5-13(16)12(9-10)14(18)17-7-6-11-3-1-2-8-19-11/h4-5,9,11H,1-3,6-8,16H2,(H,17,18). The lowest BCUT2D eigenvalue weighted by atomic mass is 10.1. The summed E-state index contributed by atoms with van der Waals surface area (Å²) in [5.74, 6) is -0.184. The molecule has 0 spiro atoms. The molecular formula is C14H19ClN2O2. The van der Waals surface area contributed by atoms with E-state index >= 15 is 0 Å². The van der Waals surface area contributed by atoms with E-state index < -0.39 is 0 Å². The average Bonchev–Trinajstić information content (AvgIpc) is 2.42. The number of halogens is 1. The summed E-state index contributed by atoms with van der Waals surface area (Å²) in [6.07, 6.45) is 4.54. The van der Waals surface area contributed by atoms with Crippen LogP contribution in [-0.2, 0) is 4.74 Å². The Balaban J connectivity index is 1.82. The zero-order valence-corrected chi connectivity index (χ0v) is 11.6. The molecule has 1 atom stereocenters. The highest BCUT2D eigenvalue weighted by molar-refractivity contribution is 6.31. The second-order valence-electron chi connectivity index (χ2n) is 4.76. The SMILES string of the molecule is Nc1ccc(Cl)cc1C(=O)NCCC1CCCCO1. The van der Waals surface area contributed by atoms with E-state index in [1.807, 2.05) is 0 Å². The van der Waals surface area contributed by atoms with Gasteiger partial charge >= 0.3 is 0 Å². The molecule has 104 valence electrons. The quantitative estimate of drug-likeness (QED) is 0.835. The van der Waals surface area contributed by atoms with Crippen LogP contribution in [0.3, 0.4) is 0 Å². The zero-order valence-electron chi connectivity index (χ0n) is 10.8. The monoisotopic (exact) mass is 282 g/mol. The Kier molecular flexibility index (Phi) is 5.05. The van der Waals surface area contributed by atoms with Crippen molar-refractivity contribution >= 4 is 23.2 Å². The number of hydrogen-bond acceptors (Lipinski definition) is 3. The molecule has 1 aromatic carbocycles. The minimum Gasteiger partial charge on any atom is -0.398 e. The topological polar surface area (TPSA) is 64.4 Å². The number of ether oxygens (including phenoxy) is 1. The third-order valence-electron chi connectivity index (χ3n) is 3.29. The largest absolute Gasteiger partial charge is 0.398 e. The van der Waals surface area contributed by atoms with Gasteiger partial charge in [0.1, 0.15) is 0 Å². The summed E-state index contributed by atoms with van der Waals surface area (Å²) in [6, 6.07) is 4.90. The van der Waals surface area contributed by atoms with Gasteiger partial charge in [-0.3, -0.25) is 4.79 Å². The smallest absolute Gasteiger partial charge is 0.253 e. The lowest BCUT2D eigenvalue weighted by Gasteiger charge is -2.22. The van der Waals surface area contributed by atoms with Crippen LogP contribution < -0.4 is 11.1 Å². The molecule has 2 rings (SSSR count). The fourth-order valence-corrected chi connectivity index (χ4v) is 2.37. The minimum atomic E-state index is -0.184. The summed E-state index contributed by atoms with van der Waals surface area (Å²) >= 11 is 5.86. The third-order valence-corrected chi connectivity index (χ3v) is 3.52. The maximum Gasteiger partial charge on any atom is 0.253 e. The van der Waals surface area contributed by atoms with Crippen molar-refractivity contribution in [1.29, 1.82) is 0 Å². The Morgan fingerprint density at radius 1 is 1.47 bits per heavy atom. The molecule has 1 saturated heterocycles. The van der Waals surface area contributed by atoms with Crippen molar-refractivity contribution in [3.63, 3.8) is 0 Å². The number of anilines is 1. The fraction of sp³-hybridized carbons (Fsp3) is 0.500. The number of nitrogens with two attached hydrogens (primary N) is 1. The van der Waals surface area contributed by atoms with Crippen LogP contribution >= 0.6 is 11.6 Å². The Bertz CT molecular complexity index is 445. The summed E-state index contributed by atoms with van der Waals surface area (Å²) in [5.41, 5.74) is 6.63. The van der Waals surface area contributed by atoms with Gasteiger partial charge in [-0.1, -0.05) is 11.6 Å². The Morgan fingerprint density at radius 3 is 3.05 bits per heavy atom. The Morgan fingerprint density at radius 2 is 2.32 bits per heavy atom. The van der Waals surface area contributed by atoms with Crippen molar-refractivity contribution in [2.45, 2.75) is 31.8 Å². The summed E-state index contributed by atoms with van der Waals surface area (Å²) in [6.45, 7) is 1.43. The molecule has 19 heavy (non-hydrogen) atoms. The molecule has 1 amide bonds. The van der Waals surface area contributed by atoms with Crippen molar-refractivity contribution in [3.8, 4) is 0 Å². The molecule has 5 heteroatoms. The zero-order chi connectivity index (χ0) is 13.7. The second kappa shape index (κ2) is 6.78. The minimum absolute atomic E-state index is 0.184. The van der Waals surface area contributed by atoms with Crippen molar-refractivity contribution < 1.29 is 9.53 Å². The van der Waals surface area contributed by atoms with Crippen LogP contribution in [0, 0.1) is 0 Å². The second-order valence-corrected chi connectivity index (χ2v) is 5.20. The molecule has 0 saturated carbocycles. The Hall–Kier alpha value is -1.26. The van der Waals surface area contributed by atoms with Gasteiger partial charge in [-0.05, 0) is 43.9 Å². The highest BCUT2D eigenvalue weighted by Gasteiger charge is 2.15. The molecule has 3 N–H and O–H groups in total. The number of rotatable bonds is 4. The number of carbonyl (C=O) groups is 1. The van der Waals surface area contributed by atoms with E-state index in [4.69, 9.17) is 22.1 Å². The van der Waals surface area contributed by atoms with Gasteiger partial charge in [0, 0.05) is 23.9 Å². The predicted octanol–water partition coefficient (Wildman–Crippen LogP) is 2.61. The average molecular weight is 283 g/mol. The van der Waals surface area contributed by atoms with Crippen LogP contribution in [0.1, 0.15) is 36.0 Å². The van der Waals surface area contributed by atoms with Crippen LogP contribution in [0.15, 0.2) is 18.2 Å². The lowest BCUT2D eigenvalue weighted by molar-refractivity contribution is 0.0117. The molecule has 1 aromatic rings. The Labute approximate surface area is 118 Å². The molecule has 1 unspecified atom stereocenters. The number of nitrogen functional groups attached to an aromatic ring is 1. The lowest BCUT2D eigenvalue weighted by Crippen LogP contribution is -2.29. The summed E-state index contributed by atoms with van der Waals surface area (Å²) < 4.78 is 5.61. The highest BCUT2D eigenvalue weighted by Crippen LogP contribution is 2.18. The molecular weight excluding hydrogens is 264 g/mol. The van der Waals surface area contributed by atoms with Gasteiger partial charge in [0.2, 0.25) is 0 Å². The van der Waals surface area contributed by atoms with Crippen molar-refractivity contribution in [2.75, 3.05) is 18.9 Å². The molecule has 1 aliphatic rings. The van der Waals surface area contributed by atoms with E-state index in [1.165, 1.54) is 6.42 Å². The van der Waals surface area contributed by atoms with E-state index in [2.05, 4.69) is 5.32 Å². The van der Waals surface area contributed by atoms with Crippen molar-refractivity contribution in [3.05, 3.63) is 28.8 Å². The molecule has 1 aliphatic heterocycles. The van der Waals surface area contributed by atoms with Crippen LogP contribution in [-0.4, -0.2) is 25.2 Å². The van der Waals surface area contributed by atoms with Gasteiger partial charge in [0.15, 0.2) is 0 Å². The number of nitrogens with one attached hydrogen (secondary N) is 1. The molecule has 4 nitrogen and oxygen atoms in total. The van der Waals surface area contributed by atoms with Crippen LogP contribution in [0.25, 0.3) is 0 Å². The van der Waals surface area contributed by atoms with E-state index in [-0.39, 0.29) is 12.0 Å². The van der Waals surface area contributed by atoms with E-state index in [0.717, 1.165) is 25.9 Å². The summed E-state index contributed by atoms with van der Waals surface area (Å²) in [7, 11) is 0. The van der Waals surface area contributed by atoms with Crippen LogP contribution in [0.4, 0.5) is 5.69 Å². The molecule has 0 bridgehead atoms. The maximum absolute atomic E-state index is 12.0. The first-order valence-electron chi connectivity index (χ1n) is 6.61. The first-order valence-corrected chi connectivity index (χ1v) is 6.99. The van der Waals surface area contributed by atoms with Gasteiger partial charge in [0.25, 0.3) is 5.91 Å². The third kappa shape index (κ3) is 4.11. The fourth-order valence-electron chi connectivity index (χ4n) is 2.20. The summed E-state index contributed by atoms with van der Waals surface area (Å²) in [5, 5.41) is 3.37. The predicted molar refractivity (Wildman–Crippen MR) is 76.4 cm³/mol. The summed E-state index contributed by atoms with van der Waals surface area (Å²) in [4.78, 5) is 12.0. The van der Waals surface area contributed by atoms with Gasteiger partial charge in [-0.15, -0.1) is 0 Å². The van der Waals surface area contributed by atoms with Crippen LogP contribution in [0.2, 0.25) is 5.02 Å². The van der Waals surface area contributed by atoms with Gasteiger partial charge < -0.3 is 15.8 Å². The van der Waals surface area contributed by atoms with E-state index in [9.17, 15) is 4.79 Å². The number of benzene rings is 1. The molecule has 1 heterocycles. The number of hydrogen-bond donors (Lipinski definition) is 2. The van der Waals surface area contributed by atoms with Crippen LogP contribution in [0.5, 0.6) is 0 Å². The van der Waals surface area contributed by atoms with Crippen molar-refractivity contribution in [1.82, 2.24) is 5.32 Å². The molecule has 0 aliphatic carbocycles. The highest BCUT2D eigenvalue weighted by atomic mass is 35.5. The molecule has 1 fully saturated rings. The van der Waals surface area contributed by atoms with Gasteiger partial charge in [-0.2, -0.15) is 0 Å². The van der Waals surface area contributed by atoms with Gasteiger partial charge in [0.05, 0.1) is 11.7 Å². The maximum atomic E-state index is 12.0. The van der Waals surface area contributed by atoms with Crippen molar-refractivity contribution in [2.24, 2.45) is 0 Å². The van der Waals surface area contributed by atoms with Gasteiger partial charge in [-0.25, -0.2) is 0 Å². The van der Waals surface area contributed by atoms with E-state index in [1.54, 1.807) is 18.2 Å². The molecule has 0 aromatic heterocycles. The number of amides is 1. The van der Waals surface area contributed by atoms with E-state index in [0.29, 0.717) is 22.8 Å². The first kappa shape index (κ1) is 14.2.